The second-order valence-corrected chi connectivity index (χ2v) is 8.02. The van der Waals surface area contributed by atoms with Crippen LogP contribution in [0.2, 0.25) is 0 Å². The van der Waals surface area contributed by atoms with E-state index in [-0.39, 0.29) is 5.41 Å². The van der Waals surface area contributed by atoms with E-state index in [1.807, 2.05) is 0 Å². The van der Waals surface area contributed by atoms with Gasteiger partial charge in [0.05, 0.1) is 0 Å². The maximum atomic E-state index is 6.11. The van der Waals surface area contributed by atoms with E-state index < -0.39 is 0 Å². The SMILES string of the molecule is CC1CC(C)CN(C(CN)c2ccc(C(C)(C)C)cc2)C1. The molecule has 3 atom stereocenters. The Labute approximate surface area is 130 Å². The summed E-state index contributed by atoms with van der Waals surface area (Å²) in [6, 6.07) is 9.47. The Kier molecular flexibility index (Phi) is 5.11. The second kappa shape index (κ2) is 6.50. The molecule has 2 N–H and O–H groups in total. The highest BCUT2D eigenvalue weighted by Crippen LogP contribution is 2.30. The molecule has 2 rings (SSSR count). The lowest BCUT2D eigenvalue weighted by Crippen LogP contribution is -2.43. The standard InChI is InChI=1S/C19H32N2/c1-14-10-15(2)13-21(12-14)18(11-20)16-6-8-17(9-7-16)19(3,4)5/h6-9,14-15,18H,10-13,20H2,1-5H3. The number of piperidine rings is 1. The normalized spacial score (nSPS) is 25.8. The largest absolute Gasteiger partial charge is 0.329 e. The Morgan fingerprint density at radius 2 is 1.62 bits per heavy atom. The first-order valence-corrected chi connectivity index (χ1v) is 8.35. The first-order valence-electron chi connectivity index (χ1n) is 8.35. The van der Waals surface area contributed by atoms with Crippen LogP contribution in [0.25, 0.3) is 0 Å². The second-order valence-electron chi connectivity index (χ2n) is 8.02. The number of nitrogens with zero attached hydrogens (tertiary/aromatic N) is 1. The van der Waals surface area contributed by atoms with Gasteiger partial charge in [0, 0.05) is 25.7 Å². The highest BCUT2D eigenvalue weighted by molar-refractivity contribution is 5.29. The molecule has 1 fully saturated rings. The van der Waals surface area contributed by atoms with Crippen molar-refractivity contribution in [2.75, 3.05) is 19.6 Å². The van der Waals surface area contributed by atoms with Crippen LogP contribution >= 0.6 is 0 Å². The van der Waals surface area contributed by atoms with Crippen molar-refractivity contribution in [3.8, 4) is 0 Å². The molecule has 0 saturated carbocycles. The van der Waals surface area contributed by atoms with Crippen molar-refractivity contribution >= 4 is 0 Å². The first kappa shape index (κ1) is 16.5. The zero-order valence-electron chi connectivity index (χ0n) is 14.4. The van der Waals surface area contributed by atoms with E-state index in [1.54, 1.807) is 0 Å². The molecule has 118 valence electrons. The Bertz CT molecular complexity index is 434. The molecule has 0 bridgehead atoms. The third kappa shape index (κ3) is 4.08. The summed E-state index contributed by atoms with van der Waals surface area (Å²) in [6.07, 6.45) is 1.34. The van der Waals surface area contributed by atoms with Crippen LogP contribution in [-0.4, -0.2) is 24.5 Å². The maximum absolute atomic E-state index is 6.11. The fourth-order valence-electron chi connectivity index (χ4n) is 3.67. The third-order valence-electron chi connectivity index (χ3n) is 4.72. The molecule has 1 heterocycles. The minimum atomic E-state index is 0.213. The smallest absolute Gasteiger partial charge is 0.0470 e. The molecular weight excluding hydrogens is 256 g/mol. The van der Waals surface area contributed by atoms with Gasteiger partial charge in [-0.2, -0.15) is 0 Å². The molecule has 2 heteroatoms. The number of hydrogen-bond acceptors (Lipinski definition) is 2. The molecule has 1 saturated heterocycles. The van der Waals surface area contributed by atoms with E-state index in [0.29, 0.717) is 12.6 Å². The summed E-state index contributed by atoms with van der Waals surface area (Å²) in [5, 5.41) is 0. The Balaban J connectivity index is 2.17. The Morgan fingerprint density at radius 3 is 2.05 bits per heavy atom. The molecule has 0 amide bonds. The monoisotopic (exact) mass is 288 g/mol. The van der Waals surface area contributed by atoms with E-state index in [4.69, 9.17) is 5.73 Å². The van der Waals surface area contributed by atoms with Crippen LogP contribution in [0.15, 0.2) is 24.3 Å². The number of nitrogens with two attached hydrogens (primary N) is 1. The fraction of sp³-hybridized carbons (Fsp3) is 0.684. The lowest BCUT2D eigenvalue weighted by molar-refractivity contribution is 0.0984. The molecule has 0 aromatic heterocycles. The average molecular weight is 288 g/mol. The number of benzene rings is 1. The zero-order chi connectivity index (χ0) is 15.6. The lowest BCUT2D eigenvalue weighted by atomic mass is 9.85. The number of likely N-dealkylation sites (tertiary alicyclic amines) is 1. The van der Waals surface area contributed by atoms with Gasteiger partial charge in [-0.15, -0.1) is 0 Å². The minimum absolute atomic E-state index is 0.213. The van der Waals surface area contributed by atoms with Gasteiger partial charge in [-0.25, -0.2) is 0 Å². The Morgan fingerprint density at radius 1 is 1.10 bits per heavy atom. The molecule has 21 heavy (non-hydrogen) atoms. The summed E-state index contributed by atoms with van der Waals surface area (Å²) in [5.41, 5.74) is 9.08. The molecule has 1 aromatic rings. The van der Waals surface area contributed by atoms with Gasteiger partial charge < -0.3 is 5.73 Å². The molecule has 1 aliphatic heterocycles. The highest BCUT2D eigenvalue weighted by atomic mass is 15.2. The van der Waals surface area contributed by atoms with Crippen molar-refractivity contribution in [3.63, 3.8) is 0 Å². The van der Waals surface area contributed by atoms with Crippen LogP contribution in [0.5, 0.6) is 0 Å². The van der Waals surface area contributed by atoms with Crippen molar-refractivity contribution in [1.82, 2.24) is 4.90 Å². The van der Waals surface area contributed by atoms with Gasteiger partial charge in [-0.1, -0.05) is 58.9 Å². The summed E-state index contributed by atoms with van der Waals surface area (Å²) in [6.45, 7) is 14.6. The quantitative estimate of drug-likeness (QED) is 0.912. The summed E-state index contributed by atoms with van der Waals surface area (Å²) >= 11 is 0. The van der Waals surface area contributed by atoms with Crippen LogP contribution in [0.3, 0.4) is 0 Å². The van der Waals surface area contributed by atoms with Gasteiger partial charge in [-0.3, -0.25) is 4.90 Å². The summed E-state index contributed by atoms with van der Waals surface area (Å²) in [4.78, 5) is 2.59. The van der Waals surface area contributed by atoms with Crippen LogP contribution in [-0.2, 0) is 5.41 Å². The predicted molar refractivity (Wildman–Crippen MR) is 91.5 cm³/mol. The van der Waals surface area contributed by atoms with Gasteiger partial charge in [0.25, 0.3) is 0 Å². The minimum Gasteiger partial charge on any atom is -0.329 e. The molecule has 0 radical (unpaired) electrons. The van der Waals surface area contributed by atoms with Gasteiger partial charge in [0.15, 0.2) is 0 Å². The van der Waals surface area contributed by atoms with E-state index >= 15 is 0 Å². The van der Waals surface area contributed by atoms with E-state index in [9.17, 15) is 0 Å². The fourth-order valence-corrected chi connectivity index (χ4v) is 3.67. The van der Waals surface area contributed by atoms with Crippen LogP contribution < -0.4 is 5.73 Å². The highest BCUT2D eigenvalue weighted by Gasteiger charge is 2.27. The van der Waals surface area contributed by atoms with Crippen molar-refractivity contribution in [2.24, 2.45) is 17.6 Å². The molecule has 2 nitrogen and oxygen atoms in total. The van der Waals surface area contributed by atoms with Gasteiger partial charge >= 0.3 is 0 Å². The number of rotatable bonds is 3. The van der Waals surface area contributed by atoms with E-state index in [0.717, 1.165) is 11.8 Å². The lowest BCUT2D eigenvalue weighted by Gasteiger charge is -2.40. The summed E-state index contributed by atoms with van der Waals surface area (Å²) in [5.74, 6) is 1.55. The average Bonchev–Trinajstić information content (AvgIpc) is 2.38. The first-order chi connectivity index (χ1) is 9.81. The van der Waals surface area contributed by atoms with Crippen molar-refractivity contribution < 1.29 is 0 Å². The topological polar surface area (TPSA) is 29.3 Å². The van der Waals surface area contributed by atoms with Gasteiger partial charge in [-0.05, 0) is 34.8 Å². The molecule has 1 aliphatic rings. The summed E-state index contributed by atoms with van der Waals surface area (Å²) < 4.78 is 0. The molecule has 0 spiro atoms. The van der Waals surface area contributed by atoms with Crippen LogP contribution in [0, 0.1) is 11.8 Å². The van der Waals surface area contributed by atoms with Crippen molar-refractivity contribution in [3.05, 3.63) is 35.4 Å². The van der Waals surface area contributed by atoms with Crippen molar-refractivity contribution in [2.45, 2.75) is 52.5 Å². The van der Waals surface area contributed by atoms with Gasteiger partial charge in [0.1, 0.15) is 0 Å². The van der Waals surface area contributed by atoms with E-state index in [1.165, 1.54) is 30.6 Å². The summed E-state index contributed by atoms with van der Waals surface area (Å²) in [7, 11) is 0. The predicted octanol–water partition coefficient (Wildman–Crippen LogP) is 3.96. The van der Waals surface area contributed by atoms with Crippen LogP contribution in [0.4, 0.5) is 0 Å². The van der Waals surface area contributed by atoms with Crippen LogP contribution in [0.1, 0.15) is 58.2 Å². The third-order valence-corrected chi connectivity index (χ3v) is 4.72. The molecule has 3 unspecified atom stereocenters. The maximum Gasteiger partial charge on any atom is 0.0470 e. The van der Waals surface area contributed by atoms with Gasteiger partial charge in [0.2, 0.25) is 0 Å². The zero-order valence-corrected chi connectivity index (χ0v) is 14.4. The van der Waals surface area contributed by atoms with Crippen molar-refractivity contribution in [1.29, 1.82) is 0 Å². The number of hydrogen-bond donors (Lipinski definition) is 1. The van der Waals surface area contributed by atoms with E-state index in [2.05, 4.69) is 63.8 Å². The molecular formula is C19H32N2. The molecule has 1 aromatic carbocycles. The Hall–Kier alpha value is -0.860. The molecule has 0 aliphatic carbocycles.